The van der Waals surface area contributed by atoms with E-state index in [-0.39, 0.29) is 17.8 Å². The monoisotopic (exact) mass is 403 g/mol. The highest BCUT2D eigenvalue weighted by Gasteiger charge is 2.36. The normalized spacial score (nSPS) is 11.4. The lowest BCUT2D eigenvalue weighted by atomic mass is 10.2. The molecule has 0 atom stereocenters. The molecule has 0 unspecified atom stereocenters. The number of benzene rings is 2. The molecule has 8 heteroatoms. The third-order valence-electron chi connectivity index (χ3n) is 3.88. The summed E-state index contributed by atoms with van der Waals surface area (Å²) in [7, 11) is 1.66. The first-order chi connectivity index (χ1) is 13.7. The molecular formula is C21H20F3N3O2. The first-order valence-electron chi connectivity index (χ1n) is 8.91. The van der Waals surface area contributed by atoms with E-state index in [9.17, 15) is 13.2 Å². The molecule has 0 radical (unpaired) electrons. The number of aromatic nitrogens is 2. The minimum atomic E-state index is -4.65. The lowest BCUT2D eigenvalue weighted by molar-refractivity contribution is -0.139. The topological polar surface area (TPSA) is 47.5 Å². The fourth-order valence-electron chi connectivity index (χ4n) is 2.54. The smallest absolute Gasteiger partial charge is 0.423 e. The van der Waals surface area contributed by atoms with E-state index in [4.69, 9.17) is 9.47 Å². The van der Waals surface area contributed by atoms with Gasteiger partial charge in [0.15, 0.2) is 0 Å². The van der Waals surface area contributed by atoms with Crippen LogP contribution in [0.3, 0.4) is 0 Å². The lowest BCUT2D eigenvalue weighted by Gasteiger charge is -2.20. The summed E-state index contributed by atoms with van der Waals surface area (Å²) >= 11 is 0. The van der Waals surface area contributed by atoms with Gasteiger partial charge in [-0.05, 0) is 38.1 Å². The number of hydrogen-bond acceptors (Lipinski definition) is 5. The molecule has 0 spiro atoms. The number of anilines is 2. The van der Waals surface area contributed by atoms with Crippen molar-refractivity contribution in [1.29, 1.82) is 0 Å². The van der Waals surface area contributed by atoms with E-state index in [1.165, 1.54) is 0 Å². The molecule has 0 aliphatic heterocycles. The van der Waals surface area contributed by atoms with Gasteiger partial charge in [-0.1, -0.05) is 24.3 Å². The second kappa shape index (κ2) is 8.38. The summed E-state index contributed by atoms with van der Waals surface area (Å²) in [6.07, 6.45) is -3.93. The van der Waals surface area contributed by atoms with Crippen molar-refractivity contribution in [2.75, 3.05) is 11.9 Å². The number of halogens is 3. The number of para-hydroxylation sites is 1. The standard InChI is InChI=1S/C21H20F3N3O2/c1-14(2)28-17-11-7-8-15(12-17)27(3)20-25-13-18(21(22,23)24)19(26-20)29-16-9-5-4-6-10-16/h4-14H,1-3H3. The Hall–Kier alpha value is -3.29. The number of rotatable bonds is 6. The van der Waals surface area contributed by atoms with Gasteiger partial charge in [0.2, 0.25) is 11.8 Å². The van der Waals surface area contributed by atoms with Gasteiger partial charge < -0.3 is 14.4 Å². The molecule has 152 valence electrons. The van der Waals surface area contributed by atoms with Crippen LogP contribution < -0.4 is 14.4 Å². The fourth-order valence-corrected chi connectivity index (χ4v) is 2.54. The molecule has 3 aromatic rings. The molecule has 0 aliphatic rings. The van der Waals surface area contributed by atoms with E-state index in [2.05, 4.69) is 9.97 Å². The van der Waals surface area contributed by atoms with E-state index < -0.39 is 17.6 Å². The molecule has 0 saturated heterocycles. The second-order valence-corrected chi connectivity index (χ2v) is 6.52. The third-order valence-corrected chi connectivity index (χ3v) is 3.88. The molecule has 1 aromatic heterocycles. The number of hydrogen-bond donors (Lipinski definition) is 0. The summed E-state index contributed by atoms with van der Waals surface area (Å²) < 4.78 is 51.3. The van der Waals surface area contributed by atoms with E-state index >= 15 is 0 Å². The molecule has 5 nitrogen and oxygen atoms in total. The number of nitrogens with zero attached hydrogens (tertiary/aromatic N) is 3. The average Bonchev–Trinajstić information content (AvgIpc) is 2.67. The summed E-state index contributed by atoms with van der Waals surface area (Å²) in [5.74, 6) is 0.385. The molecule has 0 N–H and O–H groups in total. The first-order valence-corrected chi connectivity index (χ1v) is 8.91. The molecule has 29 heavy (non-hydrogen) atoms. The lowest BCUT2D eigenvalue weighted by Crippen LogP contribution is -2.16. The minimum Gasteiger partial charge on any atom is -0.491 e. The van der Waals surface area contributed by atoms with Crippen LogP contribution >= 0.6 is 0 Å². The van der Waals surface area contributed by atoms with Crippen LogP contribution in [0.25, 0.3) is 0 Å². The van der Waals surface area contributed by atoms with Gasteiger partial charge in [0.25, 0.3) is 0 Å². The fraction of sp³-hybridized carbons (Fsp3) is 0.238. The van der Waals surface area contributed by atoms with Crippen molar-refractivity contribution < 1.29 is 22.6 Å². The zero-order valence-electron chi connectivity index (χ0n) is 16.1. The Balaban J connectivity index is 1.96. The molecule has 0 amide bonds. The third kappa shape index (κ3) is 5.16. The molecule has 1 heterocycles. The van der Waals surface area contributed by atoms with Crippen LogP contribution in [0, 0.1) is 0 Å². The van der Waals surface area contributed by atoms with Crippen LogP contribution in [-0.4, -0.2) is 23.1 Å². The van der Waals surface area contributed by atoms with Crippen molar-refractivity contribution in [3.8, 4) is 17.4 Å². The molecule has 0 saturated carbocycles. The molecule has 0 fully saturated rings. The van der Waals surface area contributed by atoms with Crippen molar-refractivity contribution in [1.82, 2.24) is 9.97 Å². The Bertz CT molecular complexity index is 963. The number of ether oxygens (including phenoxy) is 2. The summed E-state index contributed by atoms with van der Waals surface area (Å²) in [5, 5.41) is 0. The van der Waals surface area contributed by atoms with Gasteiger partial charge in [-0.3, -0.25) is 0 Å². The van der Waals surface area contributed by atoms with Gasteiger partial charge in [-0.25, -0.2) is 4.98 Å². The quantitative estimate of drug-likeness (QED) is 0.517. The molecule has 0 bridgehead atoms. The van der Waals surface area contributed by atoms with Crippen molar-refractivity contribution in [3.63, 3.8) is 0 Å². The van der Waals surface area contributed by atoms with Crippen molar-refractivity contribution in [2.24, 2.45) is 0 Å². The van der Waals surface area contributed by atoms with Crippen molar-refractivity contribution >= 4 is 11.6 Å². The Morgan fingerprint density at radius 2 is 1.66 bits per heavy atom. The van der Waals surface area contributed by atoms with Crippen molar-refractivity contribution in [2.45, 2.75) is 26.1 Å². The highest BCUT2D eigenvalue weighted by Crippen LogP contribution is 2.38. The van der Waals surface area contributed by atoms with Gasteiger partial charge >= 0.3 is 6.18 Å². The van der Waals surface area contributed by atoms with Gasteiger partial charge in [0.1, 0.15) is 17.1 Å². The minimum absolute atomic E-state index is 0.0104. The highest BCUT2D eigenvalue weighted by atomic mass is 19.4. The molecule has 3 rings (SSSR count). The van der Waals surface area contributed by atoms with Crippen LogP contribution in [0.4, 0.5) is 24.8 Å². The maximum Gasteiger partial charge on any atom is 0.423 e. The SMILES string of the molecule is CC(C)Oc1cccc(N(C)c2ncc(C(F)(F)F)c(Oc3ccccc3)n2)c1. The largest absolute Gasteiger partial charge is 0.491 e. The van der Waals surface area contributed by atoms with Gasteiger partial charge in [-0.2, -0.15) is 18.2 Å². The molecule has 2 aromatic carbocycles. The van der Waals surface area contributed by atoms with E-state index in [1.54, 1.807) is 66.5 Å². The van der Waals surface area contributed by atoms with Crippen molar-refractivity contribution in [3.05, 3.63) is 66.4 Å². The Labute approximate surface area is 166 Å². The van der Waals surface area contributed by atoms with Crippen LogP contribution in [0.1, 0.15) is 19.4 Å². The van der Waals surface area contributed by atoms with Crippen LogP contribution in [0.15, 0.2) is 60.8 Å². The van der Waals surface area contributed by atoms with Gasteiger partial charge in [0.05, 0.1) is 6.10 Å². The maximum atomic E-state index is 13.4. The summed E-state index contributed by atoms with van der Waals surface area (Å²) in [6.45, 7) is 3.81. The Kier molecular flexibility index (Phi) is 5.91. The van der Waals surface area contributed by atoms with Crippen LogP contribution in [-0.2, 0) is 6.18 Å². The summed E-state index contributed by atoms with van der Waals surface area (Å²) in [6, 6.07) is 15.3. The Morgan fingerprint density at radius 3 is 2.31 bits per heavy atom. The van der Waals surface area contributed by atoms with E-state index in [0.717, 1.165) is 6.20 Å². The van der Waals surface area contributed by atoms with E-state index in [1.807, 2.05) is 13.8 Å². The zero-order valence-corrected chi connectivity index (χ0v) is 16.1. The summed E-state index contributed by atoms with van der Waals surface area (Å²) in [4.78, 5) is 9.48. The number of alkyl halides is 3. The van der Waals surface area contributed by atoms with Crippen LogP contribution in [0.2, 0.25) is 0 Å². The zero-order chi connectivity index (χ0) is 21.0. The Morgan fingerprint density at radius 1 is 0.966 bits per heavy atom. The predicted octanol–water partition coefficient (Wildman–Crippen LogP) is 5.84. The maximum absolute atomic E-state index is 13.4. The van der Waals surface area contributed by atoms with E-state index in [0.29, 0.717) is 11.4 Å². The predicted molar refractivity (Wildman–Crippen MR) is 104 cm³/mol. The molecular weight excluding hydrogens is 383 g/mol. The summed E-state index contributed by atoms with van der Waals surface area (Å²) in [5.41, 5.74) is -0.385. The first kappa shape index (κ1) is 20.4. The van der Waals surface area contributed by atoms with Crippen LogP contribution in [0.5, 0.6) is 17.4 Å². The molecule has 0 aliphatic carbocycles. The van der Waals surface area contributed by atoms with Gasteiger partial charge in [0, 0.05) is 25.0 Å². The second-order valence-electron chi connectivity index (χ2n) is 6.52. The van der Waals surface area contributed by atoms with Gasteiger partial charge in [-0.15, -0.1) is 0 Å². The highest BCUT2D eigenvalue weighted by molar-refractivity contribution is 5.59. The average molecular weight is 403 g/mol.